The minimum atomic E-state index is -2.79. The largest absolute Gasteiger partial charge is 3.00 e. The zero-order valence-electron chi connectivity index (χ0n) is 54.1. The van der Waals surface area contributed by atoms with Crippen LogP contribution in [0.15, 0.2) is 169 Å². The summed E-state index contributed by atoms with van der Waals surface area (Å²) < 4.78 is 132. The quantitative estimate of drug-likeness (QED) is 0.112. The SMILES string of the molecule is C[Si](C)(C)c1ccc(-c2[c-]cc(F)cc2)nc1.[2H]c1[c-]c(-c2ccc([Si](C)(C)C)cn2)c([2H])c([2H])c1F.[2H]c1cc(C([2H])([2H])C(C)(C)C)cc(C([2H])([2H])[2H])c1-c1cc(-c2[c-]ccc3c2oc2cc(-c4ccccc4)ccc23)ncc1C([2H])([2H])[2H].[Ir+3]. The van der Waals surface area contributed by atoms with E-state index >= 15 is 0 Å². The Hall–Kier alpha value is -6.49. The first-order valence-corrected chi connectivity index (χ1v) is 30.4. The van der Waals surface area contributed by atoms with Crippen molar-refractivity contribution in [3.8, 4) is 56.0 Å². The Morgan fingerprint density at radius 2 is 1.30 bits per heavy atom. The molecule has 9 heteroatoms. The molecule has 73 heavy (non-hydrogen) atoms. The number of hydrogen-bond acceptors (Lipinski definition) is 4. The second-order valence-electron chi connectivity index (χ2n) is 20.4. The molecule has 6 aromatic carbocycles. The molecule has 0 aliphatic carbocycles. The maximum Gasteiger partial charge on any atom is 3.00 e. The molecule has 0 N–H and O–H groups in total. The summed E-state index contributed by atoms with van der Waals surface area (Å²) in [5.41, 5.74) is 4.64. The van der Waals surface area contributed by atoms with Crippen LogP contribution in [0, 0.1) is 49.0 Å². The summed E-state index contributed by atoms with van der Waals surface area (Å²) in [6, 6.07) is 42.6. The fraction of sp³-hybridized carbons (Fsp3) is 0.203. The Kier molecular flexibility index (Phi) is 12.4. The van der Waals surface area contributed by atoms with E-state index in [9.17, 15) is 8.78 Å². The van der Waals surface area contributed by atoms with Gasteiger partial charge in [0.2, 0.25) is 0 Å². The zero-order valence-corrected chi connectivity index (χ0v) is 46.5. The Balaban J connectivity index is 0.000000223. The summed E-state index contributed by atoms with van der Waals surface area (Å²) in [5.74, 6) is -1.29. The van der Waals surface area contributed by atoms with Crippen molar-refractivity contribution in [1.29, 1.82) is 0 Å². The first kappa shape index (κ1) is 40.0. The standard InChI is InChI=1S/C36H32NO.2C14H15FNSi.Ir/c1-23-18-25(21-36(3,4)5)14-16-28(23)32-20-33(37-22-24(32)2)31-13-9-12-30-29-17-15-27(19-34(29)38-35(30)31)26-10-7-6-8-11-26;2*1-17(2,3)13-8-9-14(16-10-13)11-4-6-12(15)7-5-11;/h6-12,14-20,22H,21H2,1-5H3;2*4,6-10H,1-3H3;/q3*-1;+3/i1D3,2D3,16D,21D2;4D,6D,7D;;. The molecule has 4 heterocycles. The summed E-state index contributed by atoms with van der Waals surface area (Å²) in [4.78, 5) is 13.2. The van der Waals surface area contributed by atoms with Gasteiger partial charge in [0.05, 0.1) is 23.1 Å². The Morgan fingerprint density at radius 1 is 0.616 bits per heavy atom. The topological polar surface area (TPSA) is 51.8 Å². The van der Waals surface area contributed by atoms with Gasteiger partial charge in [-0.25, -0.2) is 0 Å². The van der Waals surface area contributed by atoms with Gasteiger partial charge in [-0.15, -0.1) is 77.8 Å². The molecule has 0 aliphatic rings. The maximum atomic E-state index is 13.4. The van der Waals surface area contributed by atoms with Crippen molar-refractivity contribution in [2.24, 2.45) is 5.41 Å². The molecular formula is C64H62F2IrN3OSi2. The Bertz CT molecular complexity index is 4030. The van der Waals surface area contributed by atoms with Gasteiger partial charge in [-0.3, -0.25) is 8.78 Å². The van der Waals surface area contributed by atoms with E-state index in [-0.39, 0.29) is 77.1 Å². The minimum Gasteiger partial charge on any atom is -0.501 e. The summed E-state index contributed by atoms with van der Waals surface area (Å²) in [7, 11) is -2.75. The van der Waals surface area contributed by atoms with Crippen molar-refractivity contribution in [1.82, 2.24) is 15.0 Å². The van der Waals surface area contributed by atoms with Gasteiger partial charge < -0.3 is 19.4 Å². The number of aryl methyl sites for hydroxylation is 2. The second kappa shape index (κ2) is 22.7. The average Bonchev–Trinajstić information content (AvgIpc) is 2.15. The van der Waals surface area contributed by atoms with E-state index in [0.717, 1.165) is 33.2 Å². The zero-order chi connectivity index (χ0) is 61.6. The van der Waals surface area contributed by atoms with Crippen molar-refractivity contribution in [2.75, 3.05) is 0 Å². The molecule has 0 fully saturated rings. The molecule has 0 amide bonds. The first-order valence-electron chi connectivity index (χ1n) is 29.4. The van der Waals surface area contributed by atoms with E-state index in [1.807, 2.05) is 72.9 Å². The van der Waals surface area contributed by atoms with Crippen LogP contribution in [0.4, 0.5) is 8.78 Å². The molecule has 0 radical (unpaired) electrons. The molecule has 370 valence electrons. The third-order valence-corrected chi connectivity index (χ3v) is 15.6. The van der Waals surface area contributed by atoms with Crippen LogP contribution >= 0.6 is 0 Å². The molecule has 4 aromatic heterocycles. The van der Waals surface area contributed by atoms with E-state index in [1.165, 1.54) is 46.9 Å². The molecule has 0 spiro atoms. The predicted molar refractivity (Wildman–Crippen MR) is 302 cm³/mol. The fourth-order valence-electron chi connectivity index (χ4n) is 7.74. The van der Waals surface area contributed by atoms with Gasteiger partial charge in [0, 0.05) is 49.3 Å². The number of rotatable bonds is 8. The third-order valence-electron chi connectivity index (χ3n) is 11.6. The molecule has 0 unspecified atom stereocenters. The molecule has 0 aliphatic heterocycles. The molecule has 10 aromatic rings. The first-order chi connectivity index (χ1) is 39.1. The van der Waals surface area contributed by atoms with Crippen molar-refractivity contribution in [2.45, 2.75) is 80.1 Å². The maximum absolute atomic E-state index is 13.4. The predicted octanol–water partition coefficient (Wildman–Crippen LogP) is 16.5. The van der Waals surface area contributed by atoms with E-state index in [4.69, 9.17) is 20.9 Å². The Labute approximate surface area is 463 Å². The van der Waals surface area contributed by atoms with E-state index in [1.54, 1.807) is 45.2 Å². The molecule has 4 nitrogen and oxygen atoms in total. The van der Waals surface area contributed by atoms with E-state index in [0.29, 0.717) is 22.4 Å². The van der Waals surface area contributed by atoms with Gasteiger partial charge in [-0.2, -0.15) is 0 Å². The number of pyridine rings is 3. The van der Waals surface area contributed by atoms with Gasteiger partial charge in [-0.1, -0.05) is 162 Å². The number of nitrogens with zero attached hydrogens (tertiary/aromatic N) is 3. The van der Waals surface area contributed by atoms with Crippen molar-refractivity contribution >= 4 is 48.5 Å². The fourth-order valence-corrected chi connectivity index (χ4v) is 9.81. The molecule has 0 bridgehead atoms. The molecule has 0 saturated heterocycles. The number of hydrogen-bond donors (Lipinski definition) is 0. The van der Waals surface area contributed by atoms with Crippen LogP contribution in [0.5, 0.6) is 0 Å². The van der Waals surface area contributed by atoms with Gasteiger partial charge in [0.25, 0.3) is 0 Å². The van der Waals surface area contributed by atoms with Crippen molar-refractivity contribution < 1.29 is 49.8 Å². The molecule has 10 rings (SSSR count). The Morgan fingerprint density at radius 3 is 1.92 bits per heavy atom. The number of benzene rings is 6. The number of aromatic nitrogens is 3. The van der Waals surface area contributed by atoms with Crippen LogP contribution in [-0.2, 0) is 26.5 Å². The number of halogens is 2. The van der Waals surface area contributed by atoms with E-state index < -0.39 is 59.5 Å². The third kappa shape index (κ3) is 13.6. The van der Waals surface area contributed by atoms with Crippen LogP contribution < -0.4 is 10.4 Å². The average molecular weight is 1190 g/mol. The van der Waals surface area contributed by atoms with Crippen LogP contribution in [0.25, 0.3) is 78.0 Å². The second-order valence-corrected chi connectivity index (χ2v) is 30.6. The molecule has 0 saturated carbocycles. The van der Waals surface area contributed by atoms with Gasteiger partial charge in [-0.05, 0) is 99.3 Å². The summed E-state index contributed by atoms with van der Waals surface area (Å²) in [5, 5.41) is 4.17. The van der Waals surface area contributed by atoms with Crippen molar-refractivity contribution in [3.63, 3.8) is 0 Å². The van der Waals surface area contributed by atoms with Crippen LogP contribution in [0.3, 0.4) is 0 Å². The van der Waals surface area contributed by atoms with E-state index in [2.05, 4.69) is 78.5 Å². The van der Waals surface area contributed by atoms with Gasteiger partial charge in [0.1, 0.15) is 5.58 Å². The van der Waals surface area contributed by atoms with Crippen LogP contribution in [0.2, 0.25) is 39.3 Å². The molecular weight excluding hydrogens is 1110 g/mol. The van der Waals surface area contributed by atoms with Crippen molar-refractivity contribution in [3.05, 3.63) is 211 Å². The summed E-state index contributed by atoms with van der Waals surface area (Å²) in [6.45, 7) is 13.1. The smallest absolute Gasteiger partial charge is 0.501 e. The molecule has 0 atom stereocenters. The normalized spacial score (nSPS) is 14.5. The van der Waals surface area contributed by atoms with Gasteiger partial charge >= 0.3 is 20.1 Å². The van der Waals surface area contributed by atoms with Gasteiger partial charge in [0.15, 0.2) is 0 Å². The van der Waals surface area contributed by atoms with Crippen LogP contribution in [0.1, 0.15) is 53.9 Å². The summed E-state index contributed by atoms with van der Waals surface area (Å²) in [6.07, 6.45) is 2.89. The number of fused-ring (bicyclic) bond motifs is 3. The monoisotopic (exact) mass is 1190 g/mol. The number of furan rings is 1. The van der Waals surface area contributed by atoms with Crippen LogP contribution in [-0.4, -0.2) is 31.1 Å². The minimum absolute atomic E-state index is 0. The summed E-state index contributed by atoms with van der Waals surface area (Å²) >= 11 is 0.